The lowest BCUT2D eigenvalue weighted by molar-refractivity contribution is 0.198. The maximum Gasteiger partial charge on any atom is 0.0587 e. The van der Waals surface area contributed by atoms with Crippen molar-refractivity contribution in [3.63, 3.8) is 0 Å². The minimum atomic E-state index is 0.807. The summed E-state index contributed by atoms with van der Waals surface area (Å²) in [5.41, 5.74) is 0. The van der Waals surface area contributed by atoms with Gasteiger partial charge in [0.1, 0.15) is 0 Å². The van der Waals surface area contributed by atoms with Gasteiger partial charge in [-0.3, -0.25) is 0 Å². The largest absolute Gasteiger partial charge is 0.383 e. The SMILES string of the molecule is CCCCC(C)CNCCOC. The Balaban J connectivity index is 3.02. The van der Waals surface area contributed by atoms with Crippen molar-refractivity contribution in [1.82, 2.24) is 5.32 Å². The smallest absolute Gasteiger partial charge is 0.0587 e. The number of ether oxygens (including phenoxy) is 1. The van der Waals surface area contributed by atoms with Gasteiger partial charge in [-0.25, -0.2) is 0 Å². The van der Waals surface area contributed by atoms with Crippen molar-refractivity contribution in [2.75, 3.05) is 26.8 Å². The number of methoxy groups -OCH3 is 1. The molecular formula is C10H23NO. The van der Waals surface area contributed by atoms with Crippen LogP contribution in [0.2, 0.25) is 0 Å². The molecule has 12 heavy (non-hydrogen) atoms. The lowest BCUT2D eigenvalue weighted by Gasteiger charge is -2.11. The van der Waals surface area contributed by atoms with E-state index in [0.29, 0.717) is 0 Å². The Morgan fingerprint density at radius 1 is 1.42 bits per heavy atom. The Hall–Kier alpha value is -0.0800. The van der Waals surface area contributed by atoms with E-state index in [-0.39, 0.29) is 0 Å². The second-order valence-electron chi connectivity index (χ2n) is 3.44. The average Bonchev–Trinajstić information content (AvgIpc) is 2.09. The first kappa shape index (κ1) is 11.9. The molecule has 0 aromatic carbocycles. The maximum absolute atomic E-state index is 4.94. The highest BCUT2D eigenvalue weighted by atomic mass is 16.5. The van der Waals surface area contributed by atoms with Crippen molar-refractivity contribution in [2.45, 2.75) is 33.1 Å². The molecule has 2 heteroatoms. The Morgan fingerprint density at radius 3 is 2.75 bits per heavy atom. The first-order chi connectivity index (χ1) is 5.81. The fourth-order valence-corrected chi connectivity index (χ4v) is 1.18. The summed E-state index contributed by atoms with van der Waals surface area (Å²) in [5, 5.41) is 3.37. The minimum Gasteiger partial charge on any atom is -0.383 e. The summed E-state index contributed by atoms with van der Waals surface area (Å²) >= 11 is 0. The van der Waals surface area contributed by atoms with Crippen LogP contribution in [0.25, 0.3) is 0 Å². The number of unbranched alkanes of at least 4 members (excludes halogenated alkanes) is 1. The fraction of sp³-hybridized carbons (Fsp3) is 1.00. The van der Waals surface area contributed by atoms with Crippen LogP contribution in [-0.4, -0.2) is 26.8 Å². The second-order valence-corrected chi connectivity index (χ2v) is 3.44. The van der Waals surface area contributed by atoms with E-state index < -0.39 is 0 Å². The van der Waals surface area contributed by atoms with Crippen molar-refractivity contribution < 1.29 is 4.74 Å². The Bertz CT molecular complexity index is 85.9. The van der Waals surface area contributed by atoms with E-state index in [0.717, 1.165) is 25.6 Å². The number of rotatable bonds is 8. The third kappa shape index (κ3) is 8.02. The summed E-state index contributed by atoms with van der Waals surface area (Å²) in [6.45, 7) is 7.47. The molecule has 0 spiro atoms. The molecule has 1 N–H and O–H groups in total. The summed E-state index contributed by atoms with van der Waals surface area (Å²) < 4.78 is 4.94. The van der Waals surface area contributed by atoms with E-state index in [9.17, 15) is 0 Å². The van der Waals surface area contributed by atoms with E-state index in [1.807, 2.05) is 0 Å². The summed E-state index contributed by atoms with van der Waals surface area (Å²) in [6, 6.07) is 0. The number of nitrogens with one attached hydrogen (secondary N) is 1. The second kappa shape index (κ2) is 9.01. The van der Waals surface area contributed by atoms with Crippen LogP contribution in [0.5, 0.6) is 0 Å². The summed E-state index contributed by atoms with van der Waals surface area (Å²) in [7, 11) is 1.74. The normalized spacial score (nSPS) is 13.2. The van der Waals surface area contributed by atoms with Gasteiger partial charge in [0.2, 0.25) is 0 Å². The molecule has 0 saturated heterocycles. The van der Waals surface area contributed by atoms with E-state index >= 15 is 0 Å². The van der Waals surface area contributed by atoms with Gasteiger partial charge in [0.25, 0.3) is 0 Å². The van der Waals surface area contributed by atoms with Crippen molar-refractivity contribution >= 4 is 0 Å². The van der Waals surface area contributed by atoms with Crippen LogP contribution in [0.1, 0.15) is 33.1 Å². The van der Waals surface area contributed by atoms with Gasteiger partial charge in [-0.1, -0.05) is 26.7 Å². The van der Waals surface area contributed by atoms with Gasteiger partial charge in [-0.2, -0.15) is 0 Å². The molecule has 0 rings (SSSR count). The predicted molar refractivity (Wildman–Crippen MR) is 53.4 cm³/mol. The Kier molecular flexibility index (Phi) is 8.95. The molecule has 0 saturated carbocycles. The lowest BCUT2D eigenvalue weighted by Crippen LogP contribution is -2.24. The number of hydrogen-bond donors (Lipinski definition) is 1. The minimum absolute atomic E-state index is 0.807. The first-order valence-corrected chi connectivity index (χ1v) is 5.00. The number of hydrogen-bond acceptors (Lipinski definition) is 2. The quantitative estimate of drug-likeness (QED) is 0.567. The maximum atomic E-state index is 4.94. The molecule has 0 radical (unpaired) electrons. The lowest BCUT2D eigenvalue weighted by atomic mass is 10.0. The topological polar surface area (TPSA) is 21.3 Å². The zero-order chi connectivity index (χ0) is 9.23. The van der Waals surface area contributed by atoms with Gasteiger partial charge in [0.15, 0.2) is 0 Å². The molecule has 2 nitrogen and oxygen atoms in total. The van der Waals surface area contributed by atoms with Crippen LogP contribution in [0.3, 0.4) is 0 Å². The van der Waals surface area contributed by atoms with Crippen LogP contribution in [0, 0.1) is 5.92 Å². The first-order valence-electron chi connectivity index (χ1n) is 5.00. The van der Waals surface area contributed by atoms with Gasteiger partial charge >= 0.3 is 0 Å². The highest BCUT2D eigenvalue weighted by molar-refractivity contribution is 4.56. The van der Waals surface area contributed by atoms with E-state index in [2.05, 4.69) is 19.2 Å². The summed E-state index contributed by atoms with van der Waals surface area (Å²) in [6.07, 6.45) is 4.01. The van der Waals surface area contributed by atoms with Gasteiger partial charge in [0, 0.05) is 13.7 Å². The highest BCUT2D eigenvalue weighted by Crippen LogP contribution is 2.05. The molecule has 74 valence electrons. The van der Waals surface area contributed by atoms with Gasteiger partial charge in [0.05, 0.1) is 6.61 Å². The van der Waals surface area contributed by atoms with Crippen LogP contribution < -0.4 is 5.32 Å². The monoisotopic (exact) mass is 173 g/mol. The van der Waals surface area contributed by atoms with Crippen LogP contribution in [0.15, 0.2) is 0 Å². The molecule has 0 aromatic heterocycles. The van der Waals surface area contributed by atoms with E-state index in [1.54, 1.807) is 7.11 Å². The zero-order valence-corrected chi connectivity index (χ0v) is 8.73. The van der Waals surface area contributed by atoms with Crippen molar-refractivity contribution in [3.8, 4) is 0 Å². The molecule has 0 aliphatic heterocycles. The van der Waals surface area contributed by atoms with Crippen LogP contribution in [-0.2, 0) is 4.74 Å². The highest BCUT2D eigenvalue weighted by Gasteiger charge is 1.99. The molecule has 0 heterocycles. The summed E-state index contributed by atoms with van der Waals surface area (Å²) in [4.78, 5) is 0. The molecule has 0 bridgehead atoms. The van der Waals surface area contributed by atoms with Crippen molar-refractivity contribution in [3.05, 3.63) is 0 Å². The standard InChI is InChI=1S/C10H23NO/c1-4-5-6-10(2)9-11-7-8-12-3/h10-11H,4-9H2,1-3H3. The molecule has 1 unspecified atom stereocenters. The van der Waals surface area contributed by atoms with Gasteiger partial charge < -0.3 is 10.1 Å². The zero-order valence-electron chi connectivity index (χ0n) is 8.73. The third-order valence-electron chi connectivity index (χ3n) is 2.03. The van der Waals surface area contributed by atoms with Crippen molar-refractivity contribution in [1.29, 1.82) is 0 Å². The van der Waals surface area contributed by atoms with E-state index in [4.69, 9.17) is 4.74 Å². The Labute approximate surface area is 76.7 Å². The van der Waals surface area contributed by atoms with Crippen LogP contribution in [0.4, 0.5) is 0 Å². The van der Waals surface area contributed by atoms with E-state index in [1.165, 1.54) is 19.3 Å². The van der Waals surface area contributed by atoms with Gasteiger partial charge in [-0.05, 0) is 18.9 Å². The predicted octanol–water partition coefficient (Wildman–Crippen LogP) is 2.05. The molecule has 0 aliphatic carbocycles. The fourth-order valence-electron chi connectivity index (χ4n) is 1.18. The molecule has 1 atom stereocenters. The average molecular weight is 173 g/mol. The summed E-state index contributed by atoms with van der Waals surface area (Å²) in [5.74, 6) is 0.807. The van der Waals surface area contributed by atoms with Crippen molar-refractivity contribution in [2.24, 2.45) is 5.92 Å². The molecule has 0 aliphatic rings. The third-order valence-corrected chi connectivity index (χ3v) is 2.03. The van der Waals surface area contributed by atoms with Crippen LogP contribution >= 0.6 is 0 Å². The van der Waals surface area contributed by atoms with Gasteiger partial charge in [-0.15, -0.1) is 0 Å². The Morgan fingerprint density at radius 2 is 2.17 bits per heavy atom. The molecular weight excluding hydrogens is 150 g/mol. The molecule has 0 aromatic rings. The molecule has 0 fully saturated rings. The molecule has 0 amide bonds.